The molecule has 0 saturated heterocycles. The predicted molar refractivity (Wildman–Crippen MR) is 99.3 cm³/mol. The van der Waals surface area contributed by atoms with Crippen LogP contribution in [0.2, 0.25) is 0 Å². The van der Waals surface area contributed by atoms with E-state index in [1.54, 1.807) is 0 Å². The van der Waals surface area contributed by atoms with E-state index in [4.69, 9.17) is 9.47 Å². The summed E-state index contributed by atoms with van der Waals surface area (Å²) in [6, 6.07) is 8.25. The summed E-state index contributed by atoms with van der Waals surface area (Å²) in [5.74, 6) is 0. The van der Waals surface area contributed by atoms with Gasteiger partial charge in [-0.3, -0.25) is 0 Å². The third kappa shape index (κ3) is 7.45. The Bertz CT molecular complexity index is 489. The van der Waals surface area contributed by atoms with Gasteiger partial charge >= 0.3 is 0 Å². The highest BCUT2D eigenvalue weighted by atomic mass is 16.5. The quantitative estimate of drug-likeness (QED) is 0.670. The standard InChI is InChI=1S/C21H34O4/c1-3-7-19(12-16(2)22)24-14-17-8-6-9-18(13-17)15-25-21-11-5-4-10-20(21)23/h6,8-9,13,16,19-23H,3-5,7,10-12,14-15H2,1-2H3/t16?,19?,20-,21?/m1/s1. The predicted octanol–water partition coefficient (Wildman–Crippen LogP) is 3.96. The number of hydrogen-bond acceptors (Lipinski definition) is 4. The fourth-order valence-electron chi connectivity index (χ4n) is 3.47. The largest absolute Gasteiger partial charge is 0.393 e. The molecular formula is C21H34O4. The Morgan fingerprint density at radius 3 is 2.56 bits per heavy atom. The lowest BCUT2D eigenvalue weighted by molar-refractivity contribution is -0.0662. The lowest BCUT2D eigenvalue weighted by atomic mass is 9.95. The Labute approximate surface area is 152 Å². The first-order valence-corrected chi connectivity index (χ1v) is 9.75. The van der Waals surface area contributed by atoms with E-state index in [0.717, 1.165) is 49.7 Å². The molecule has 1 fully saturated rings. The van der Waals surface area contributed by atoms with Gasteiger partial charge in [0, 0.05) is 0 Å². The second-order valence-corrected chi connectivity index (χ2v) is 7.33. The Morgan fingerprint density at radius 1 is 1.16 bits per heavy atom. The molecule has 1 saturated carbocycles. The molecule has 0 radical (unpaired) electrons. The van der Waals surface area contributed by atoms with Crippen LogP contribution in [0, 0.1) is 0 Å². The first-order valence-electron chi connectivity index (χ1n) is 9.75. The van der Waals surface area contributed by atoms with E-state index in [2.05, 4.69) is 25.1 Å². The van der Waals surface area contributed by atoms with E-state index in [1.165, 1.54) is 0 Å². The van der Waals surface area contributed by atoms with Crippen LogP contribution in [-0.4, -0.2) is 34.6 Å². The maximum Gasteiger partial charge on any atom is 0.0838 e. The molecule has 4 nitrogen and oxygen atoms in total. The fourth-order valence-corrected chi connectivity index (χ4v) is 3.47. The highest BCUT2D eigenvalue weighted by molar-refractivity contribution is 5.22. The highest BCUT2D eigenvalue weighted by Gasteiger charge is 2.23. The molecule has 0 bridgehead atoms. The minimum atomic E-state index is -0.335. The molecule has 4 heteroatoms. The second kappa shape index (κ2) is 10.9. The zero-order valence-corrected chi connectivity index (χ0v) is 15.7. The average Bonchev–Trinajstić information content (AvgIpc) is 2.59. The van der Waals surface area contributed by atoms with Crippen molar-refractivity contribution in [3.63, 3.8) is 0 Å². The third-order valence-corrected chi connectivity index (χ3v) is 4.82. The van der Waals surface area contributed by atoms with Crippen molar-refractivity contribution in [1.82, 2.24) is 0 Å². The molecule has 4 atom stereocenters. The molecular weight excluding hydrogens is 316 g/mol. The van der Waals surface area contributed by atoms with Gasteiger partial charge in [0.25, 0.3) is 0 Å². The Balaban J connectivity index is 1.83. The van der Waals surface area contributed by atoms with Gasteiger partial charge in [0.1, 0.15) is 0 Å². The topological polar surface area (TPSA) is 58.9 Å². The summed E-state index contributed by atoms with van der Waals surface area (Å²) in [5.41, 5.74) is 2.23. The molecule has 1 aromatic carbocycles. The Kier molecular flexibility index (Phi) is 8.90. The molecule has 0 spiro atoms. The molecule has 3 unspecified atom stereocenters. The van der Waals surface area contributed by atoms with Crippen LogP contribution in [0.1, 0.15) is 69.9 Å². The van der Waals surface area contributed by atoms with Crippen LogP contribution in [0.15, 0.2) is 24.3 Å². The summed E-state index contributed by atoms with van der Waals surface area (Å²) >= 11 is 0. The van der Waals surface area contributed by atoms with Crippen LogP contribution in [0.5, 0.6) is 0 Å². The lowest BCUT2D eigenvalue weighted by Crippen LogP contribution is -2.32. The number of aliphatic hydroxyl groups is 2. The average molecular weight is 350 g/mol. The zero-order chi connectivity index (χ0) is 18.1. The molecule has 0 heterocycles. The summed E-state index contributed by atoms with van der Waals surface area (Å²) in [7, 11) is 0. The van der Waals surface area contributed by atoms with Crippen molar-refractivity contribution in [3.05, 3.63) is 35.4 Å². The zero-order valence-electron chi connectivity index (χ0n) is 15.7. The second-order valence-electron chi connectivity index (χ2n) is 7.33. The van der Waals surface area contributed by atoms with Gasteiger partial charge in [-0.15, -0.1) is 0 Å². The number of benzene rings is 1. The molecule has 0 aliphatic heterocycles. The Morgan fingerprint density at radius 2 is 1.88 bits per heavy atom. The molecule has 1 aliphatic carbocycles. The first kappa shape index (κ1) is 20.4. The van der Waals surface area contributed by atoms with Gasteiger partial charge in [-0.1, -0.05) is 50.5 Å². The highest BCUT2D eigenvalue weighted by Crippen LogP contribution is 2.22. The lowest BCUT2D eigenvalue weighted by Gasteiger charge is -2.27. The van der Waals surface area contributed by atoms with Crippen molar-refractivity contribution >= 4 is 0 Å². The normalized spacial score (nSPS) is 23.4. The molecule has 0 aromatic heterocycles. The SMILES string of the molecule is CCCC(CC(C)O)OCc1cccc(COC2CCCC[C@H]2O)c1. The smallest absolute Gasteiger partial charge is 0.0838 e. The van der Waals surface area contributed by atoms with Crippen molar-refractivity contribution in [3.8, 4) is 0 Å². The first-order chi connectivity index (χ1) is 12.1. The molecule has 0 amide bonds. The van der Waals surface area contributed by atoms with E-state index < -0.39 is 0 Å². The van der Waals surface area contributed by atoms with Crippen LogP contribution in [0.3, 0.4) is 0 Å². The van der Waals surface area contributed by atoms with Crippen molar-refractivity contribution in [2.75, 3.05) is 0 Å². The minimum absolute atomic E-state index is 0.0337. The van der Waals surface area contributed by atoms with E-state index in [9.17, 15) is 10.2 Å². The summed E-state index contributed by atoms with van der Waals surface area (Å²) in [6.07, 6.45) is 6.13. The number of ether oxygens (including phenoxy) is 2. The van der Waals surface area contributed by atoms with Crippen LogP contribution in [-0.2, 0) is 22.7 Å². The van der Waals surface area contributed by atoms with E-state index >= 15 is 0 Å². The molecule has 142 valence electrons. The van der Waals surface area contributed by atoms with E-state index in [1.807, 2.05) is 13.0 Å². The van der Waals surface area contributed by atoms with Gasteiger partial charge in [-0.2, -0.15) is 0 Å². The van der Waals surface area contributed by atoms with E-state index in [-0.39, 0.29) is 24.4 Å². The minimum Gasteiger partial charge on any atom is -0.393 e. The van der Waals surface area contributed by atoms with Gasteiger partial charge in [0.2, 0.25) is 0 Å². The summed E-state index contributed by atoms with van der Waals surface area (Å²) in [5, 5.41) is 19.6. The van der Waals surface area contributed by atoms with Crippen LogP contribution in [0.4, 0.5) is 0 Å². The Hall–Kier alpha value is -0.940. The van der Waals surface area contributed by atoms with Gasteiger partial charge in [0.15, 0.2) is 0 Å². The molecule has 2 N–H and O–H groups in total. The van der Waals surface area contributed by atoms with Crippen molar-refractivity contribution < 1.29 is 19.7 Å². The maximum absolute atomic E-state index is 10.0. The van der Waals surface area contributed by atoms with Gasteiger partial charge in [-0.25, -0.2) is 0 Å². The van der Waals surface area contributed by atoms with Crippen molar-refractivity contribution in [2.45, 2.75) is 96.4 Å². The number of rotatable bonds is 10. The third-order valence-electron chi connectivity index (χ3n) is 4.82. The van der Waals surface area contributed by atoms with Crippen LogP contribution >= 0.6 is 0 Å². The van der Waals surface area contributed by atoms with E-state index in [0.29, 0.717) is 19.6 Å². The van der Waals surface area contributed by atoms with Crippen LogP contribution < -0.4 is 0 Å². The molecule has 1 aromatic rings. The molecule has 25 heavy (non-hydrogen) atoms. The fraction of sp³-hybridized carbons (Fsp3) is 0.714. The number of aliphatic hydroxyl groups excluding tert-OH is 2. The van der Waals surface area contributed by atoms with Crippen molar-refractivity contribution in [1.29, 1.82) is 0 Å². The van der Waals surface area contributed by atoms with Gasteiger partial charge in [0.05, 0.1) is 37.6 Å². The van der Waals surface area contributed by atoms with Gasteiger partial charge < -0.3 is 19.7 Å². The van der Waals surface area contributed by atoms with Crippen molar-refractivity contribution in [2.24, 2.45) is 0 Å². The van der Waals surface area contributed by atoms with Crippen LogP contribution in [0.25, 0.3) is 0 Å². The monoisotopic (exact) mass is 350 g/mol. The molecule has 2 rings (SSSR count). The molecule has 1 aliphatic rings. The summed E-state index contributed by atoms with van der Waals surface area (Å²) < 4.78 is 11.9. The summed E-state index contributed by atoms with van der Waals surface area (Å²) in [4.78, 5) is 0. The number of hydrogen-bond donors (Lipinski definition) is 2. The maximum atomic E-state index is 10.0. The van der Waals surface area contributed by atoms with Gasteiger partial charge in [-0.05, 0) is 43.7 Å². The summed E-state index contributed by atoms with van der Waals surface area (Å²) in [6.45, 7) is 5.03.